The summed E-state index contributed by atoms with van der Waals surface area (Å²) in [6.07, 6.45) is -1.27. The molecule has 1 heterocycles. The molecule has 0 radical (unpaired) electrons. The number of anilines is 1. The summed E-state index contributed by atoms with van der Waals surface area (Å²) in [5, 5.41) is 24.4. The highest BCUT2D eigenvalue weighted by Gasteiger charge is 2.22. The van der Waals surface area contributed by atoms with Crippen LogP contribution >= 0.6 is 0 Å². The van der Waals surface area contributed by atoms with Crippen molar-refractivity contribution in [1.29, 1.82) is 0 Å². The molecule has 0 aliphatic heterocycles. The molecule has 24 heavy (non-hydrogen) atoms. The number of nitrogens with zero attached hydrogens (tertiary/aromatic N) is 2. The molecule has 7 nitrogen and oxygen atoms in total. The molecule has 0 aliphatic rings. The van der Waals surface area contributed by atoms with E-state index >= 15 is 0 Å². The van der Waals surface area contributed by atoms with Crippen molar-refractivity contribution in [3.05, 3.63) is 35.8 Å². The summed E-state index contributed by atoms with van der Waals surface area (Å²) in [5.74, 6) is -0.108. The summed E-state index contributed by atoms with van der Waals surface area (Å²) in [7, 11) is 0. The van der Waals surface area contributed by atoms with Gasteiger partial charge in [-0.25, -0.2) is 13.9 Å². The Hall–Kier alpha value is -2.61. The highest BCUT2D eigenvalue weighted by molar-refractivity contribution is 5.82. The Morgan fingerprint density at radius 1 is 1.38 bits per heavy atom. The molecule has 0 bridgehead atoms. The number of ether oxygens (including phenoxy) is 1. The van der Waals surface area contributed by atoms with E-state index in [1.807, 2.05) is 20.8 Å². The smallest absolute Gasteiger partial charge is 0.410 e. The fourth-order valence-electron chi connectivity index (χ4n) is 2.04. The van der Waals surface area contributed by atoms with E-state index in [1.165, 1.54) is 22.9 Å². The number of aromatic nitrogens is 2. The minimum atomic E-state index is -1.27. The first-order valence-electron chi connectivity index (χ1n) is 7.36. The van der Waals surface area contributed by atoms with Gasteiger partial charge in [0.15, 0.2) is 0 Å². The van der Waals surface area contributed by atoms with Crippen LogP contribution in [0.1, 0.15) is 26.5 Å². The largest absolute Gasteiger partial charge is 0.491 e. The van der Waals surface area contributed by atoms with E-state index in [1.54, 1.807) is 6.07 Å². The number of hydrogen-bond acceptors (Lipinski definition) is 4. The molecular weight excluding hydrogens is 317 g/mol. The molecule has 0 saturated heterocycles. The summed E-state index contributed by atoms with van der Waals surface area (Å²) in [6, 6.07) is 5.59. The summed E-state index contributed by atoms with van der Waals surface area (Å²) < 4.78 is 20.7. The first kappa shape index (κ1) is 17.7. The maximum Gasteiger partial charge on any atom is 0.410 e. The van der Waals surface area contributed by atoms with E-state index in [9.17, 15) is 9.18 Å². The molecular formula is C16H20FN3O4. The minimum Gasteiger partial charge on any atom is -0.491 e. The maximum atomic E-state index is 14.3. The molecule has 2 aromatic rings. The van der Waals surface area contributed by atoms with Crippen LogP contribution in [0.3, 0.4) is 0 Å². The quantitative estimate of drug-likeness (QED) is 0.779. The molecule has 1 aromatic heterocycles. The van der Waals surface area contributed by atoms with Crippen molar-refractivity contribution in [2.45, 2.75) is 26.2 Å². The average molecular weight is 337 g/mol. The molecule has 1 aromatic carbocycles. The highest BCUT2D eigenvalue weighted by atomic mass is 19.1. The number of aliphatic hydroxyl groups is 1. The normalized spacial score (nSPS) is 11.4. The van der Waals surface area contributed by atoms with Gasteiger partial charge in [-0.3, -0.25) is 5.32 Å². The van der Waals surface area contributed by atoms with Gasteiger partial charge in [0.05, 0.1) is 12.3 Å². The van der Waals surface area contributed by atoms with Gasteiger partial charge < -0.3 is 14.9 Å². The number of halogens is 1. The number of nitrogens with one attached hydrogen (secondary N) is 1. The van der Waals surface area contributed by atoms with Crippen LogP contribution in [0.5, 0.6) is 5.75 Å². The second kappa shape index (κ2) is 6.88. The molecule has 0 spiro atoms. The summed E-state index contributed by atoms with van der Waals surface area (Å²) in [6.45, 7) is 5.65. The molecule has 2 rings (SSSR count). The predicted octanol–water partition coefficient (Wildman–Crippen LogP) is 2.77. The van der Waals surface area contributed by atoms with Crippen molar-refractivity contribution in [3.8, 4) is 11.4 Å². The van der Waals surface area contributed by atoms with Gasteiger partial charge in [0.25, 0.3) is 0 Å². The summed E-state index contributed by atoms with van der Waals surface area (Å²) in [5.41, 5.74) is 0.304. The van der Waals surface area contributed by atoms with E-state index < -0.39 is 11.9 Å². The fraction of sp³-hybridized carbons (Fsp3) is 0.375. The fourth-order valence-corrected chi connectivity index (χ4v) is 2.04. The number of carbonyl (C=O) groups is 1. The van der Waals surface area contributed by atoms with E-state index in [0.29, 0.717) is 11.4 Å². The average Bonchev–Trinajstić information content (AvgIpc) is 2.89. The zero-order chi connectivity index (χ0) is 17.9. The van der Waals surface area contributed by atoms with Gasteiger partial charge in [-0.1, -0.05) is 20.8 Å². The summed E-state index contributed by atoms with van der Waals surface area (Å²) in [4.78, 5) is 11.0. The van der Waals surface area contributed by atoms with Crippen molar-refractivity contribution < 1.29 is 24.1 Å². The number of amides is 1. The molecule has 1 amide bonds. The van der Waals surface area contributed by atoms with Gasteiger partial charge in [-0.05, 0) is 12.1 Å². The standard InChI is InChI=1S/C16H20FN3O4/c1-16(2,3)13-9-14(18-15(22)23)20(19-13)12-8-10(24-7-6-21)4-5-11(12)17/h4-5,8-9,18,21H,6-7H2,1-3H3,(H,22,23). The highest BCUT2D eigenvalue weighted by Crippen LogP contribution is 2.28. The van der Waals surface area contributed by atoms with Gasteiger partial charge in [0, 0.05) is 17.5 Å². The molecule has 130 valence electrons. The molecule has 0 atom stereocenters. The Morgan fingerprint density at radius 3 is 2.67 bits per heavy atom. The van der Waals surface area contributed by atoms with E-state index in [-0.39, 0.29) is 30.1 Å². The first-order chi connectivity index (χ1) is 11.2. The van der Waals surface area contributed by atoms with E-state index in [2.05, 4.69) is 10.4 Å². The number of carboxylic acid groups (broad SMARTS) is 1. The zero-order valence-corrected chi connectivity index (χ0v) is 13.7. The second-order valence-corrected chi connectivity index (χ2v) is 6.19. The monoisotopic (exact) mass is 337 g/mol. The lowest BCUT2D eigenvalue weighted by molar-refractivity contribution is 0.201. The first-order valence-corrected chi connectivity index (χ1v) is 7.36. The van der Waals surface area contributed by atoms with Crippen LogP contribution < -0.4 is 10.1 Å². The Balaban J connectivity index is 2.53. The van der Waals surface area contributed by atoms with Crippen LogP contribution in [0.4, 0.5) is 15.0 Å². The lowest BCUT2D eigenvalue weighted by Gasteiger charge is -2.14. The van der Waals surface area contributed by atoms with Crippen LogP contribution in [0.2, 0.25) is 0 Å². The maximum absolute atomic E-state index is 14.3. The van der Waals surface area contributed by atoms with Gasteiger partial charge in [0.1, 0.15) is 29.7 Å². The Labute approximate surface area is 138 Å². The Bertz CT molecular complexity index is 737. The predicted molar refractivity (Wildman–Crippen MR) is 86.5 cm³/mol. The third kappa shape index (κ3) is 4.02. The van der Waals surface area contributed by atoms with Crippen LogP contribution in [0, 0.1) is 5.82 Å². The summed E-state index contributed by atoms with van der Waals surface area (Å²) >= 11 is 0. The van der Waals surface area contributed by atoms with E-state index in [0.717, 1.165) is 0 Å². The van der Waals surface area contributed by atoms with E-state index in [4.69, 9.17) is 14.9 Å². The zero-order valence-electron chi connectivity index (χ0n) is 13.7. The number of hydrogen-bond donors (Lipinski definition) is 3. The lowest BCUT2D eigenvalue weighted by Crippen LogP contribution is -2.14. The van der Waals surface area contributed by atoms with Crippen molar-refractivity contribution in [2.75, 3.05) is 18.5 Å². The second-order valence-electron chi connectivity index (χ2n) is 6.19. The van der Waals surface area contributed by atoms with Gasteiger partial charge in [-0.15, -0.1) is 0 Å². The van der Waals surface area contributed by atoms with Gasteiger partial charge in [0.2, 0.25) is 0 Å². The van der Waals surface area contributed by atoms with Crippen molar-refractivity contribution >= 4 is 11.9 Å². The molecule has 0 fully saturated rings. The van der Waals surface area contributed by atoms with Crippen molar-refractivity contribution in [2.24, 2.45) is 0 Å². The molecule has 3 N–H and O–H groups in total. The minimum absolute atomic E-state index is 0.0460. The molecule has 0 unspecified atom stereocenters. The van der Waals surface area contributed by atoms with Gasteiger partial charge in [-0.2, -0.15) is 5.10 Å². The molecule has 8 heteroatoms. The Kier molecular flexibility index (Phi) is 5.08. The van der Waals surface area contributed by atoms with Crippen LogP contribution in [0.25, 0.3) is 5.69 Å². The van der Waals surface area contributed by atoms with Crippen molar-refractivity contribution in [3.63, 3.8) is 0 Å². The third-order valence-corrected chi connectivity index (χ3v) is 3.22. The van der Waals surface area contributed by atoms with Crippen LogP contribution in [0.15, 0.2) is 24.3 Å². The SMILES string of the molecule is CC(C)(C)c1cc(NC(=O)O)n(-c2cc(OCCO)ccc2F)n1. The molecule has 0 aliphatic carbocycles. The Morgan fingerprint density at radius 2 is 2.08 bits per heavy atom. The van der Waals surface area contributed by atoms with Crippen molar-refractivity contribution in [1.82, 2.24) is 9.78 Å². The topological polar surface area (TPSA) is 96.6 Å². The number of rotatable bonds is 5. The van der Waals surface area contributed by atoms with Crippen LogP contribution in [-0.2, 0) is 5.41 Å². The number of aliphatic hydroxyl groups excluding tert-OH is 1. The van der Waals surface area contributed by atoms with Crippen LogP contribution in [-0.4, -0.2) is 39.3 Å². The van der Waals surface area contributed by atoms with Gasteiger partial charge >= 0.3 is 6.09 Å². The number of benzene rings is 1. The lowest BCUT2D eigenvalue weighted by atomic mass is 9.92. The third-order valence-electron chi connectivity index (χ3n) is 3.22. The molecule has 0 saturated carbocycles.